The number of hydrogen-bond acceptors (Lipinski definition) is 3. The smallest absolute Gasteiger partial charge is 0.159 e. The third-order valence-electron chi connectivity index (χ3n) is 3.53. The minimum Gasteiger partial charge on any atom is -0.378 e. The summed E-state index contributed by atoms with van der Waals surface area (Å²) < 4.78 is 33.3. The summed E-state index contributed by atoms with van der Waals surface area (Å²) in [6.07, 6.45) is 6.02. The first-order valence-corrected chi connectivity index (χ1v) is 7.02. The van der Waals surface area contributed by atoms with E-state index in [-0.39, 0.29) is 6.10 Å². The number of halogens is 2. The second kappa shape index (κ2) is 6.22. The summed E-state index contributed by atoms with van der Waals surface area (Å²) >= 11 is 0. The predicted octanol–water partition coefficient (Wildman–Crippen LogP) is 2.95. The number of aromatic nitrogens is 2. The Labute approximate surface area is 121 Å². The van der Waals surface area contributed by atoms with Gasteiger partial charge in [-0.25, -0.2) is 8.78 Å². The number of rotatable bonds is 5. The minimum atomic E-state index is -0.830. The number of nitrogens with zero attached hydrogens (tertiary/aromatic N) is 2. The second-order valence-electron chi connectivity index (χ2n) is 5.19. The molecule has 1 unspecified atom stereocenters. The van der Waals surface area contributed by atoms with Crippen molar-refractivity contribution >= 4 is 5.69 Å². The fourth-order valence-corrected chi connectivity index (χ4v) is 2.41. The van der Waals surface area contributed by atoms with Gasteiger partial charge in [-0.2, -0.15) is 5.10 Å². The summed E-state index contributed by atoms with van der Waals surface area (Å²) in [6.45, 7) is 1.99. The molecule has 6 heteroatoms. The molecule has 0 spiro atoms. The Balaban J connectivity index is 1.55. The van der Waals surface area contributed by atoms with E-state index in [0.717, 1.165) is 37.7 Å². The highest BCUT2D eigenvalue weighted by molar-refractivity contribution is 5.39. The van der Waals surface area contributed by atoms with Crippen LogP contribution in [0.25, 0.3) is 0 Å². The van der Waals surface area contributed by atoms with E-state index in [9.17, 15) is 8.78 Å². The van der Waals surface area contributed by atoms with Crippen LogP contribution in [0, 0.1) is 11.6 Å². The zero-order chi connectivity index (χ0) is 14.7. The lowest BCUT2D eigenvalue weighted by atomic mass is 10.2. The maximum absolute atomic E-state index is 13.1. The van der Waals surface area contributed by atoms with E-state index in [1.54, 1.807) is 12.3 Å². The van der Waals surface area contributed by atoms with Crippen molar-refractivity contribution < 1.29 is 13.5 Å². The van der Waals surface area contributed by atoms with Crippen molar-refractivity contribution in [2.75, 3.05) is 11.9 Å². The van der Waals surface area contributed by atoms with Crippen LogP contribution in [0.4, 0.5) is 14.5 Å². The van der Waals surface area contributed by atoms with Gasteiger partial charge >= 0.3 is 0 Å². The molecule has 1 aromatic carbocycles. The Kier molecular flexibility index (Phi) is 4.15. The topological polar surface area (TPSA) is 39.1 Å². The third-order valence-corrected chi connectivity index (χ3v) is 3.53. The van der Waals surface area contributed by atoms with E-state index >= 15 is 0 Å². The lowest BCUT2D eigenvalue weighted by Crippen LogP contribution is -2.15. The molecule has 0 bridgehead atoms. The van der Waals surface area contributed by atoms with Gasteiger partial charge in [0.05, 0.1) is 24.5 Å². The van der Waals surface area contributed by atoms with E-state index in [1.165, 1.54) is 6.07 Å². The van der Waals surface area contributed by atoms with Crippen molar-refractivity contribution in [2.45, 2.75) is 32.0 Å². The van der Waals surface area contributed by atoms with Crippen molar-refractivity contribution in [1.82, 2.24) is 9.78 Å². The molecule has 0 saturated carbocycles. The number of ether oxygens (including phenoxy) is 1. The monoisotopic (exact) mass is 293 g/mol. The SMILES string of the molecule is Fc1ccc(CNc2cnn(CC3CCCO3)c2)cc1F. The van der Waals surface area contributed by atoms with Crippen LogP contribution in [0.1, 0.15) is 18.4 Å². The maximum Gasteiger partial charge on any atom is 0.159 e. The van der Waals surface area contributed by atoms with Crippen LogP contribution < -0.4 is 5.32 Å². The van der Waals surface area contributed by atoms with Crippen LogP contribution >= 0.6 is 0 Å². The third kappa shape index (κ3) is 3.58. The van der Waals surface area contributed by atoms with Gasteiger partial charge in [0.2, 0.25) is 0 Å². The van der Waals surface area contributed by atoms with Gasteiger partial charge in [-0.3, -0.25) is 4.68 Å². The molecule has 2 heterocycles. The molecule has 1 N–H and O–H groups in total. The molecular weight excluding hydrogens is 276 g/mol. The van der Waals surface area contributed by atoms with E-state index in [0.29, 0.717) is 12.1 Å². The fourth-order valence-electron chi connectivity index (χ4n) is 2.41. The lowest BCUT2D eigenvalue weighted by molar-refractivity contribution is 0.0940. The summed E-state index contributed by atoms with van der Waals surface area (Å²) in [7, 11) is 0. The van der Waals surface area contributed by atoms with Gasteiger partial charge in [0, 0.05) is 19.3 Å². The molecule has 0 amide bonds. The standard InChI is InChI=1S/C15H17F2N3O/c16-14-4-3-11(6-15(14)17)7-18-12-8-19-20(9-12)10-13-2-1-5-21-13/h3-4,6,8-9,13,18H,1-2,5,7,10H2. The van der Waals surface area contributed by atoms with Crippen LogP contribution in [-0.4, -0.2) is 22.5 Å². The fraction of sp³-hybridized carbons (Fsp3) is 0.400. The Bertz CT molecular complexity index is 609. The van der Waals surface area contributed by atoms with Crippen LogP contribution in [-0.2, 0) is 17.8 Å². The average molecular weight is 293 g/mol. The summed E-state index contributed by atoms with van der Waals surface area (Å²) in [5.41, 5.74) is 1.53. The molecule has 2 aromatic rings. The first-order chi connectivity index (χ1) is 10.2. The first kappa shape index (κ1) is 14.0. The molecule has 1 aliphatic rings. The Hall–Kier alpha value is -1.95. The molecule has 4 nitrogen and oxygen atoms in total. The first-order valence-electron chi connectivity index (χ1n) is 7.02. The van der Waals surface area contributed by atoms with Gasteiger partial charge < -0.3 is 10.1 Å². The lowest BCUT2D eigenvalue weighted by Gasteiger charge is -2.08. The summed E-state index contributed by atoms with van der Waals surface area (Å²) in [4.78, 5) is 0. The van der Waals surface area contributed by atoms with Gasteiger partial charge in [0.1, 0.15) is 0 Å². The van der Waals surface area contributed by atoms with Crippen LogP contribution in [0.2, 0.25) is 0 Å². The molecule has 1 fully saturated rings. The Morgan fingerprint density at radius 3 is 3.00 bits per heavy atom. The van der Waals surface area contributed by atoms with Crippen molar-refractivity contribution in [3.8, 4) is 0 Å². The summed E-state index contributed by atoms with van der Waals surface area (Å²) in [5.74, 6) is -1.66. The zero-order valence-corrected chi connectivity index (χ0v) is 11.6. The quantitative estimate of drug-likeness (QED) is 0.921. The Morgan fingerprint density at radius 2 is 2.24 bits per heavy atom. The predicted molar refractivity (Wildman–Crippen MR) is 74.9 cm³/mol. The molecule has 1 atom stereocenters. The molecule has 1 saturated heterocycles. The largest absolute Gasteiger partial charge is 0.378 e. The van der Waals surface area contributed by atoms with Gasteiger partial charge in [-0.1, -0.05) is 6.07 Å². The van der Waals surface area contributed by atoms with Crippen LogP contribution in [0.15, 0.2) is 30.6 Å². The van der Waals surface area contributed by atoms with Crippen molar-refractivity contribution in [3.05, 3.63) is 47.8 Å². The van der Waals surface area contributed by atoms with E-state index in [2.05, 4.69) is 10.4 Å². The van der Waals surface area contributed by atoms with Gasteiger partial charge in [0.15, 0.2) is 11.6 Å². The van der Waals surface area contributed by atoms with Crippen LogP contribution in [0.3, 0.4) is 0 Å². The van der Waals surface area contributed by atoms with Gasteiger partial charge in [-0.15, -0.1) is 0 Å². The normalized spacial score (nSPS) is 18.1. The summed E-state index contributed by atoms with van der Waals surface area (Å²) in [6, 6.07) is 3.88. The average Bonchev–Trinajstić information content (AvgIpc) is 3.13. The number of hydrogen-bond donors (Lipinski definition) is 1. The molecule has 1 aliphatic heterocycles. The van der Waals surface area contributed by atoms with Crippen molar-refractivity contribution in [2.24, 2.45) is 0 Å². The molecule has 112 valence electrons. The zero-order valence-electron chi connectivity index (χ0n) is 11.6. The number of benzene rings is 1. The van der Waals surface area contributed by atoms with Gasteiger partial charge in [0.25, 0.3) is 0 Å². The Morgan fingerprint density at radius 1 is 1.33 bits per heavy atom. The molecular formula is C15H17F2N3O. The highest BCUT2D eigenvalue weighted by Gasteiger charge is 2.16. The number of nitrogens with one attached hydrogen (secondary N) is 1. The molecule has 21 heavy (non-hydrogen) atoms. The van der Waals surface area contributed by atoms with Crippen molar-refractivity contribution in [3.63, 3.8) is 0 Å². The highest BCUT2D eigenvalue weighted by atomic mass is 19.2. The number of anilines is 1. The van der Waals surface area contributed by atoms with Gasteiger partial charge in [-0.05, 0) is 30.5 Å². The summed E-state index contributed by atoms with van der Waals surface area (Å²) in [5, 5.41) is 7.40. The van der Waals surface area contributed by atoms with E-state index in [4.69, 9.17) is 4.74 Å². The highest BCUT2D eigenvalue weighted by Crippen LogP contribution is 2.15. The van der Waals surface area contributed by atoms with Crippen molar-refractivity contribution in [1.29, 1.82) is 0 Å². The molecule has 0 aliphatic carbocycles. The molecule has 3 rings (SSSR count). The van der Waals surface area contributed by atoms with E-state index in [1.807, 2.05) is 10.9 Å². The molecule has 0 radical (unpaired) electrons. The van der Waals surface area contributed by atoms with Crippen LogP contribution in [0.5, 0.6) is 0 Å². The van der Waals surface area contributed by atoms with E-state index < -0.39 is 11.6 Å². The minimum absolute atomic E-state index is 0.240. The molecule has 1 aromatic heterocycles. The second-order valence-corrected chi connectivity index (χ2v) is 5.19. The maximum atomic E-state index is 13.1.